The molecule has 0 spiro atoms. The van der Waals surface area contributed by atoms with Gasteiger partial charge >= 0.3 is 0 Å². The largest absolute Gasteiger partial charge is 0.381 e. The number of rotatable bonds is 11. The fourth-order valence-corrected chi connectivity index (χ4v) is 3.31. The monoisotopic (exact) mass is 493 g/mol. The van der Waals surface area contributed by atoms with Gasteiger partial charge in [-0.05, 0) is 31.9 Å². The molecule has 0 radical (unpaired) electrons. The fraction of sp³-hybridized carbons (Fsp3) is 0.632. The van der Waals surface area contributed by atoms with Crippen molar-refractivity contribution in [3.8, 4) is 0 Å². The van der Waals surface area contributed by atoms with Crippen LogP contribution in [0.1, 0.15) is 19.8 Å². The number of hydrogen-bond acceptors (Lipinski definition) is 4. The van der Waals surface area contributed by atoms with Crippen molar-refractivity contribution in [2.24, 2.45) is 10.9 Å². The van der Waals surface area contributed by atoms with Crippen molar-refractivity contribution in [1.82, 2.24) is 10.6 Å². The molecule has 0 aromatic heterocycles. The third-order valence-corrected chi connectivity index (χ3v) is 4.86. The summed E-state index contributed by atoms with van der Waals surface area (Å²) < 4.78 is 11.1. The van der Waals surface area contributed by atoms with Gasteiger partial charge in [-0.25, -0.2) is 0 Å². The van der Waals surface area contributed by atoms with Crippen LogP contribution in [0.3, 0.4) is 0 Å². The molecule has 148 valence electrons. The number of ether oxygens (including phenoxy) is 2. The molecule has 7 heteroatoms. The molecule has 1 unspecified atom stereocenters. The van der Waals surface area contributed by atoms with Gasteiger partial charge in [0.1, 0.15) is 0 Å². The predicted octanol–water partition coefficient (Wildman–Crippen LogP) is 3.40. The molecular weight excluding hydrogens is 461 g/mol. The van der Waals surface area contributed by atoms with Crippen LogP contribution in [0.2, 0.25) is 0 Å². The van der Waals surface area contributed by atoms with Crippen molar-refractivity contribution >= 4 is 41.7 Å². The van der Waals surface area contributed by atoms with E-state index in [0.717, 1.165) is 70.6 Å². The van der Waals surface area contributed by atoms with Gasteiger partial charge in [-0.3, -0.25) is 4.99 Å². The van der Waals surface area contributed by atoms with Crippen molar-refractivity contribution < 1.29 is 9.47 Å². The van der Waals surface area contributed by atoms with Crippen LogP contribution in [-0.2, 0) is 9.47 Å². The second-order valence-corrected chi connectivity index (χ2v) is 7.18. The maximum Gasteiger partial charge on any atom is 0.191 e. The van der Waals surface area contributed by atoms with Crippen LogP contribution < -0.4 is 10.6 Å². The molecule has 0 aliphatic carbocycles. The summed E-state index contributed by atoms with van der Waals surface area (Å²) in [6, 6.07) is 10.5. The summed E-state index contributed by atoms with van der Waals surface area (Å²) >= 11 is 1.85. The normalized spacial score (nSPS) is 17.0. The molecule has 5 nitrogen and oxygen atoms in total. The summed E-state index contributed by atoms with van der Waals surface area (Å²) in [6.07, 6.45) is 2.08. The maximum atomic E-state index is 5.71. The Morgan fingerprint density at radius 3 is 2.88 bits per heavy atom. The zero-order chi connectivity index (χ0) is 17.6. The lowest BCUT2D eigenvalue weighted by Gasteiger charge is -2.11. The highest BCUT2D eigenvalue weighted by molar-refractivity contribution is 14.0. The van der Waals surface area contributed by atoms with Crippen molar-refractivity contribution in [2.75, 3.05) is 51.8 Å². The topological polar surface area (TPSA) is 54.9 Å². The Hall–Kier alpha value is -0.510. The Kier molecular flexibility index (Phi) is 14.1. The number of nitrogens with one attached hydrogen (secondary N) is 2. The van der Waals surface area contributed by atoms with Gasteiger partial charge in [0.2, 0.25) is 0 Å². The molecule has 1 saturated heterocycles. The van der Waals surface area contributed by atoms with E-state index >= 15 is 0 Å². The molecule has 0 saturated carbocycles. The zero-order valence-corrected chi connectivity index (χ0v) is 18.8. The number of hydrogen-bond donors (Lipinski definition) is 2. The van der Waals surface area contributed by atoms with E-state index in [1.54, 1.807) is 0 Å². The van der Waals surface area contributed by atoms with Gasteiger partial charge in [0, 0.05) is 49.4 Å². The molecule has 1 aliphatic rings. The molecule has 2 rings (SSSR count). The van der Waals surface area contributed by atoms with Gasteiger partial charge in [-0.1, -0.05) is 18.2 Å². The Morgan fingerprint density at radius 1 is 1.31 bits per heavy atom. The van der Waals surface area contributed by atoms with Crippen LogP contribution >= 0.6 is 35.7 Å². The third-order valence-electron chi connectivity index (χ3n) is 3.84. The van der Waals surface area contributed by atoms with Crippen LogP contribution in [0.15, 0.2) is 40.2 Å². The van der Waals surface area contributed by atoms with Gasteiger partial charge in [0.15, 0.2) is 5.96 Å². The van der Waals surface area contributed by atoms with Gasteiger partial charge in [-0.15, -0.1) is 35.7 Å². The first-order valence-corrected chi connectivity index (χ1v) is 10.2. The average Bonchev–Trinajstić information content (AvgIpc) is 3.16. The first kappa shape index (κ1) is 23.5. The van der Waals surface area contributed by atoms with Crippen LogP contribution in [0.25, 0.3) is 0 Å². The number of aliphatic imine (C=N–C) groups is 1. The van der Waals surface area contributed by atoms with Crippen molar-refractivity contribution in [3.63, 3.8) is 0 Å². The van der Waals surface area contributed by atoms with Crippen molar-refractivity contribution in [3.05, 3.63) is 30.3 Å². The van der Waals surface area contributed by atoms with Crippen molar-refractivity contribution in [1.29, 1.82) is 0 Å². The van der Waals surface area contributed by atoms with Gasteiger partial charge in [0.05, 0.1) is 13.2 Å². The van der Waals surface area contributed by atoms with Gasteiger partial charge in [0.25, 0.3) is 0 Å². The molecule has 2 N–H and O–H groups in total. The second kappa shape index (κ2) is 15.5. The minimum absolute atomic E-state index is 0. The van der Waals surface area contributed by atoms with E-state index in [9.17, 15) is 0 Å². The Morgan fingerprint density at radius 2 is 2.15 bits per heavy atom. The lowest BCUT2D eigenvalue weighted by molar-refractivity contribution is 0.0893. The van der Waals surface area contributed by atoms with E-state index < -0.39 is 0 Å². The Bertz CT molecular complexity index is 485. The lowest BCUT2D eigenvalue weighted by atomic mass is 10.1. The molecule has 0 bridgehead atoms. The molecule has 1 aromatic carbocycles. The predicted molar refractivity (Wildman–Crippen MR) is 121 cm³/mol. The van der Waals surface area contributed by atoms with E-state index in [-0.39, 0.29) is 24.0 Å². The number of benzene rings is 1. The molecule has 1 aliphatic heterocycles. The molecule has 1 fully saturated rings. The van der Waals surface area contributed by atoms with E-state index in [1.165, 1.54) is 4.90 Å². The third kappa shape index (κ3) is 10.6. The van der Waals surface area contributed by atoms with E-state index in [4.69, 9.17) is 9.47 Å². The van der Waals surface area contributed by atoms with Crippen LogP contribution in [0, 0.1) is 5.92 Å². The smallest absolute Gasteiger partial charge is 0.191 e. The maximum absolute atomic E-state index is 5.71. The highest BCUT2D eigenvalue weighted by Crippen LogP contribution is 2.15. The highest BCUT2D eigenvalue weighted by atomic mass is 127. The molecule has 1 heterocycles. The van der Waals surface area contributed by atoms with E-state index in [1.807, 2.05) is 17.8 Å². The number of nitrogens with zero attached hydrogens (tertiary/aromatic N) is 1. The minimum Gasteiger partial charge on any atom is -0.381 e. The molecule has 1 atom stereocenters. The molecule has 26 heavy (non-hydrogen) atoms. The Balaban J connectivity index is 0.00000338. The summed E-state index contributed by atoms with van der Waals surface area (Å²) in [5.74, 6) is 2.49. The first-order chi connectivity index (χ1) is 12.4. The summed E-state index contributed by atoms with van der Waals surface area (Å²) in [7, 11) is 0. The first-order valence-electron chi connectivity index (χ1n) is 9.24. The van der Waals surface area contributed by atoms with Gasteiger partial charge < -0.3 is 20.1 Å². The van der Waals surface area contributed by atoms with E-state index in [0.29, 0.717) is 5.92 Å². The molecule has 1 aromatic rings. The van der Waals surface area contributed by atoms with Gasteiger partial charge in [-0.2, -0.15) is 0 Å². The number of halogens is 1. The summed E-state index contributed by atoms with van der Waals surface area (Å²) in [6.45, 7) is 7.96. The summed E-state index contributed by atoms with van der Waals surface area (Å²) in [4.78, 5) is 5.91. The number of guanidine groups is 1. The van der Waals surface area contributed by atoms with Crippen LogP contribution in [0.5, 0.6) is 0 Å². The second-order valence-electron chi connectivity index (χ2n) is 6.01. The fourth-order valence-electron chi connectivity index (χ4n) is 2.52. The van der Waals surface area contributed by atoms with E-state index in [2.05, 4.69) is 46.8 Å². The SMILES string of the molecule is CCNC(=NCCCOCC1CCOC1)NCCSc1ccccc1.I. The number of thioether (sulfide) groups is 1. The lowest BCUT2D eigenvalue weighted by Crippen LogP contribution is -2.38. The molecule has 0 amide bonds. The average molecular weight is 493 g/mol. The minimum atomic E-state index is 0. The zero-order valence-electron chi connectivity index (χ0n) is 15.6. The summed E-state index contributed by atoms with van der Waals surface area (Å²) in [5.41, 5.74) is 0. The molecular formula is C19H32IN3O2S. The van der Waals surface area contributed by atoms with Crippen LogP contribution in [0.4, 0.5) is 0 Å². The van der Waals surface area contributed by atoms with Crippen molar-refractivity contribution in [2.45, 2.75) is 24.7 Å². The Labute approximate surface area is 179 Å². The van der Waals surface area contributed by atoms with Crippen LogP contribution in [-0.4, -0.2) is 57.8 Å². The highest BCUT2D eigenvalue weighted by Gasteiger charge is 2.15. The standard InChI is InChI=1S/C19H31N3O2S.HI/c1-2-20-19(22-11-14-25-18-7-4-3-5-8-18)21-10-6-12-23-15-17-9-13-24-16-17;/h3-5,7-8,17H,2,6,9-16H2,1H3,(H2,20,21,22);1H. The quantitative estimate of drug-likeness (QED) is 0.163. The summed E-state index contributed by atoms with van der Waals surface area (Å²) in [5, 5.41) is 6.68.